The van der Waals surface area contributed by atoms with Crippen LogP contribution in [0.25, 0.3) is 0 Å². The third-order valence-electron chi connectivity index (χ3n) is 3.31. The number of pyridine rings is 2. The van der Waals surface area contributed by atoms with Crippen LogP contribution in [0.5, 0.6) is 17.4 Å². The van der Waals surface area contributed by atoms with Gasteiger partial charge in [0.1, 0.15) is 16.5 Å². The Morgan fingerprint density at radius 3 is 2.63 bits per heavy atom. The number of nitriles is 1. The number of halogens is 2. The van der Waals surface area contributed by atoms with E-state index in [0.717, 1.165) is 5.56 Å². The first-order valence-corrected chi connectivity index (χ1v) is 8.40. The van der Waals surface area contributed by atoms with Gasteiger partial charge in [-0.3, -0.25) is 4.98 Å². The second-order valence-corrected chi connectivity index (χ2v) is 6.02. The Morgan fingerprint density at radius 1 is 1.07 bits per heavy atom. The summed E-state index contributed by atoms with van der Waals surface area (Å²) in [5.74, 6) is 6.70. The highest BCUT2D eigenvalue weighted by Crippen LogP contribution is 2.36. The topological polar surface area (TPSA) is 68.0 Å². The number of hydrogen-bond donors (Lipinski definition) is 0. The molecule has 1 aromatic carbocycles. The maximum Gasteiger partial charge on any atom is 0.237 e. The van der Waals surface area contributed by atoms with Crippen LogP contribution in [-0.2, 0) is 0 Å². The van der Waals surface area contributed by atoms with Crippen LogP contribution in [0.2, 0.25) is 10.0 Å². The average molecular weight is 396 g/mol. The number of ether oxygens (including phenoxy) is 2. The average Bonchev–Trinajstić information content (AvgIpc) is 2.68. The fourth-order valence-corrected chi connectivity index (χ4v) is 2.58. The normalized spacial score (nSPS) is 9.70. The lowest BCUT2D eigenvalue weighted by Crippen LogP contribution is -1.96. The van der Waals surface area contributed by atoms with Crippen LogP contribution in [-0.4, -0.2) is 17.1 Å². The summed E-state index contributed by atoms with van der Waals surface area (Å²) in [7, 11) is 1.45. The Bertz CT molecular complexity index is 1080. The zero-order chi connectivity index (χ0) is 19.2. The van der Waals surface area contributed by atoms with Crippen LogP contribution in [0.15, 0.2) is 48.8 Å². The molecule has 0 saturated heterocycles. The van der Waals surface area contributed by atoms with E-state index in [0.29, 0.717) is 22.0 Å². The maximum atomic E-state index is 9.07. The Balaban J connectivity index is 1.99. The molecular weight excluding hydrogens is 385 g/mol. The molecule has 0 saturated carbocycles. The molecule has 0 N–H and O–H groups in total. The highest BCUT2D eigenvalue weighted by Gasteiger charge is 2.14. The van der Waals surface area contributed by atoms with Gasteiger partial charge >= 0.3 is 0 Å². The number of aromatic nitrogens is 2. The lowest BCUT2D eigenvalue weighted by molar-refractivity contribution is 0.392. The highest BCUT2D eigenvalue weighted by molar-refractivity contribution is 6.33. The molecule has 0 bridgehead atoms. The maximum absolute atomic E-state index is 9.07. The van der Waals surface area contributed by atoms with Gasteiger partial charge in [0.2, 0.25) is 5.88 Å². The van der Waals surface area contributed by atoms with Crippen molar-refractivity contribution in [2.75, 3.05) is 7.11 Å². The number of rotatable bonds is 3. The second kappa shape index (κ2) is 8.42. The number of benzene rings is 1. The van der Waals surface area contributed by atoms with Gasteiger partial charge in [-0.1, -0.05) is 29.1 Å². The van der Waals surface area contributed by atoms with Crippen molar-refractivity contribution in [3.63, 3.8) is 0 Å². The van der Waals surface area contributed by atoms with E-state index in [2.05, 4.69) is 21.8 Å². The molecule has 0 aliphatic rings. The van der Waals surface area contributed by atoms with Gasteiger partial charge in [0.25, 0.3) is 0 Å². The molecule has 132 valence electrons. The predicted molar refractivity (Wildman–Crippen MR) is 102 cm³/mol. The van der Waals surface area contributed by atoms with Gasteiger partial charge in [-0.15, -0.1) is 0 Å². The summed E-state index contributed by atoms with van der Waals surface area (Å²) in [5.41, 5.74) is 1.51. The highest BCUT2D eigenvalue weighted by atomic mass is 35.5. The van der Waals surface area contributed by atoms with Crippen molar-refractivity contribution in [1.82, 2.24) is 9.97 Å². The first kappa shape index (κ1) is 18.5. The molecule has 0 radical (unpaired) electrons. The monoisotopic (exact) mass is 395 g/mol. The van der Waals surface area contributed by atoms with Crippen molar-refractivity contribution in [2.45, 2.75) is 0 Å². The molecule has 3 rings (SSSR count). The second-order valence-electron chi connectivity index (χ2n) is 5.21. The molecule has 0 aliphatic heterocycles. The molecule has 0 atom stereocenters. The molecule has 0 unspecified atom stereocenters. The smallest absolute Gasteiger partial charge is 0.237 e. The van der Waals surface area contributed by atoms with Crippen LogP contribution >= 0.6 is 23.2 Å². The van der Waals surface area contributed by atoms with Crippen molar-refractivity contribution in [3.8, 4) is 35.3 Å². The van der Waals surface area contributed by atoms with Crippen LogP contribution in [0.1, 0.15) is 16.8 Å². The molecule has 0 spiro atoms. The van der Waals surface area contributed by atoms with E-state index < -0.39 is 0 Å². The number of methoxy groups -OCH3 is 1. The third-order valence-corrected chi connectivity index (χ3v) is 3.88. The molecule has 0 fully saturated rings. The SMILES string of the molecule is COc1nc(C#Cc2cccnc2)cc(Oc2cc(Cl)cc(C#N)c2)c1Cl. The lowest BCUT2D eigenvalue weighted by Gasteiger charge is -2.11. The summed E-state index contributed by atoms with van der Waals surface area (Å²) >= 11 is 12.3. The van der Waals surface area contributed by atoms with Crippen molar-refractivity contribution in [2.24, 2.45) is 0 Å². The van der Waals surface area contributed by atoms with Gasteiger partial charge < -0.3 is 9.47 Å². The summed E-state index contributed by atoms with van der Waals surface area (Å²) < 4.78 is 11.0. The van der Waals surface area contributed by atoms with Crippen molar-refractivity contribution in [3.05, 3.63) is 75.7 Å². The van der Waals surface area contributed by atoms with E-state index >= 15 is 0 Å². The first-order chi connectivity index (χ1) is 13.1. The molecule has 7 heteroatoms. The summed E-state index contributed by atoms with van der Waals surface area (Å²) in [6.45, 7) is 0. The van der Waals surface area contributed by atoms with Gasteiger partial charge in [-0.2, -0.15) is 5.26 Å². The first-order valence-electron chi connectivity index (χ1n) is 7.64. The molecule has 5 nitrogen and oxygen atoms in total. The molecule has 2 aromatic heterocycles. The standard InChI is InChI=1S/C20H11Cl2N3O2/c1-26-20-19(22)18(27-17-8-14(11-23)7-15(21)9-17)10-16(25-20)5-4-13-3-2-6-24-12-13/h2-3,6-10,12H,1H3. The molecule has 0 aliphatic carbocycles. The molecular formula is C20H11Cl2N3O2. The van der Waals surface area contributed by atoms with E-state index in [1.54, 1.807) is 36.7 Å². The van der Waals surface area contributed by atoms with Crippen molar-refractivity contribution >= 4 is 23.2 Å². The van der Waals surface area contributed by atoms with E-state index in [1.165, 1.54) is 13.2 Å². The quantitative estimate of drug-likeness (QED) is 0.592. The minimum Gasteiger partial charge on any atom is -0.480 e. The Hall–Kier alpha value is -3.25. The van der Waals surface area contributed by atoms with E-state index in [1.807, 2.05) is 12.1 Å². The lowest BCUT2D eigenvalue weighted by atomic mass is 10.2. The van der Waals surface area contributed by atoms with Gasteiger partial charge in [0, 0.05) is 29.0 Å². The van der Waals surface area contributed by atoms with Crippen LogP contribution in [0, 0.1) is 23.2 Å². The van der Waals surface area contributed by atoms with Gasteiger partial charge in [-0.05, 0) is 36.3 Å². The predicted octanol–water partition coefficient (Wildman–Crippen LogP) is 4.86. The molecule has 27 heavy (non-hydrogen) atoms. The summed E-state index contributed by atoms with van der Waals surface area (Å²) in [5, 5.41) is 9.62. The van der Waals surface area contributed by atoms with E-state index in [4.69, 9.17) is 37.9 Å². The Morgan fingerprint density at radius 2 is 1.93 bits per heavy atom. The number of nitrogens with zero attached hydrogens (tertiary/aromatic N) is 3. The third kappa shape index (κ3) is 4.68. The fourth-order valence-electron chi connectivity index (χ4n) is 2.14. The summed E-state index contributed by atoms with van der Waals surface area (Å²) in [6, 6.07) is 11.9. The van der Waals surface area contributed by atoms with Crippen molar-refractivity contribution in [1.29, 1.82) is 5.26 Å². The number of hydrogen-bond acceptors (Lipinski definition) is 5. The van der Waals surface area contributed by atoms with Crippen LogP contribution in [0.4, 0.5) is 0 Å². The minimum atomic E-state index is 0.173. The van der Waals surface area contributed by atoms with Crippen LogP contribution in [0.3, 0.4) is 0 Å². The summed E-state index contributed by atoms with van der Waals surface area (Å²) in [4.78, 5) is 8.26. The molecule has 3 aromatic rings. The van der Waals surface area contributed by atoms with Crippen molar-refractivity contribution < 1.29 is 9.47 Å². The van der Waals surface area contributed by atoms with Gasteiger partial charge in [0.05, 0.1) is 18.7 Å². The minimum absolute atomic E-state index is 0.173. The fraction of sp³-hybridized carbons (Fsp3) is 0.0500. The molecule has 0 amide bonds. The van der Waals surface area contributed by atoms with Gasteiger partial charge in [-0.25, -0.2) is 4.98 Å². The summed E-state index contributed by atoms with van der Waals surface area (Å²) in [6.07, 6.45) is 3.31. The van der Waals surface area contributed by atoms with E-state index in [-0.39, 0.29) is 16.7 Å². The zero-order valence-electron chi connectivity index (χ0n) is 14.0. The Kier molecular flexibility index (Phi) is 5.78. The molecule has 2 heterocycles. The van der Waals surface area contributed by atoms with Gasteiger partial charge in [0.15, 0.2) is 5.75 Å². The van der Waals surface area contributed by atoms with Crippen LogP contribution < -0.4 is 9.47 Å². The largest absolute Gasteiger partial charge is 0.480 e. The van der Waals surface area contributed by atoms with E-state index in [9.17, 15) is 0 Å². The Labute approximate surface area is 166 Å². The zero-order valence-corrected chi connectivity index (χ0v) is 15.5.